The van der Waals surface area contributed by atoms with Gasteiger partial charge in [0, 0.05) is 10.2 Å². The number of carbonyl (C=O) groups excluding carboxylic acids is 2. The molecule has 106 valence electrons. The lowest BCUT2D eigenvalue weighted by atomic mass is 10.1. The van der Waals surface area contributed by atoms with E-state index >= 15 is 0 Å². The van der Waals surface area contributed by atoms with Gasteiger partial charge in [-0.15, -0.1) is 12.4 Å². The summed E-state index contributed by atoms with van der Waals surface area (Å²) >= 11 is 3.38. The van der Waals surface area contributed by atoms with E-state index in [0.29, 0.717) is 0 Å². The summed E-state index contributed by atoms with van der Waals surface area (Å²) in [4.78, 5) is 22.5. The summed E-state index contributed by atoms with van der Waals surface area (Å²) in [7, 11) is 0. The summed E-state index contributed by atoms with van der Waals surface area (Å²) < 4.78 is 0.966. The van der Waals surface area contributed by atoms with Crippen LogP contribution in [-0.2, 0) is 16.0 Å². The Balaban J connectivity index is 0.00000324. The van der Waals surface area contributed by atoms with Gasteiger partial charge in [0.15, 0.2) is 0 Å². The van der Waals surface area contributed by atoms with Crippen LogP contribution in [0, 0.1) is 0 Å². The molecule has 19 heavy (non-hydrogen) atoms. The number of hydrogen-bond donors (Lipinski definition) is 3. The molecular formula is C12H17BrClN3O2. The number of anilines is 1. The first-order valence-corrected chi connectivity index (χ1v) is 6.41. The molecule has 4 N–H and O–H groups in total. The highest BCUT2D eigenvalue weighted by Gasteiger charge is 2.07. The molecule has 5 nitrogen and oxygen atoms in total. The van der Waals surface area contributed by atoms with Gasteiger partial charge in [-0.25, -0.2) is 0 Å². The fraction of sp³-hybridized carbons (Fsp3) is 0.333. The molecule has 0 fully saturated rings. The van der Waals surface area contributed by atoms with Gasteiger partial charge in [-0.1, -0.05) is 22.9 Å². The molecule has 0 radical (unpaired) electrons. The van der Waals surface area contributed by atoms with E-state index in [1.807, 2.05) is 25.1 Å². The first-order chi connectivity index (χ1) is 8.56. The van der Waals surface area contributed by atoms with Gasteiger partial charge in [-0.3, -0.25) is 9.59 Å². The van der Waals surface area contributed by atoms with Crippen LogP contribution >= 0.6 is 28.3 Å². The molecule has 0 aliphatic rings. The standard InChI is InChI=1S/C12H16BrN3O2.ClH/c1-2-8-5-9(13)3-4-10(8)16-12(18)7-15-11(17)6-14;/h3-5H,2,6-7,14H2,1H3,(H,15,17)(H,16,18);1H. The molecule has 0 aliphatic heterocycles. The lowest BCUT2D eigenvalue weighted by molar-refractivity contribution is -0.123. The monoisotopic (exact) mass is 349 g/mol. The minimum absolute atomic E-state index is 0. The van der Waals surface area contributed by atoms with Crippen molar-refractivity contribution >= 4 is 45.8 Å². The van der Waals surface area contributed by atoms with Gasteiger partial charge >= 0.3 is 0 Å². The van der Waals surface area contributed by atoms with E-state index in [2.05, 4.69) is 26.6 Å². The second kappa shape index (κ2) is 8.90. The molecule has 7 heteroatoms. The Labute approximate surface area is 126 Å². The lowest BCUT2D eigenvalue weighted by Crippen LogP contribution is -2.36. The Morgan fingerprint density at radius 3 is 2.58 bits per heavy atom. The molecule has 1 rings (SSSR count). The predicted octanol–water partition coefficient (Wildman–Crippen LogP) is 1.45. The van der Waals surface area contributed by atoms with E-state index in [0.717, 1.165) is 22.1 Å². The van der Waals surface area contributed by atoms with E-state index in [-0.39, 0.29) is 37.3 Å². The Bertz CT molecular complexity index is 455. The van der Waals surface area contributed by atoms with E-state index in [4.69, 9.17) is 5.73 Å². The summed E-state index contributed by atoms with van der Waals surface area (Å²) in [6, 6.07) is 5.63. The maximum atomic E-state index is 11.6. The van der Waals surface area contributed by atoms with E-state index in [1.54, 1.807) is 0 Å². The number of carbonyl (C=O) groups is 2. The number of rotatable bonds is 5. The molecule has 0 bridgehead atoms. The Hall–Kier alpha value is -1.11. The third kappa shape index (κ3) is 6.04. The van der Waals surface area contributed by atoms with Crippen LogP contribution < -0.4 is 16.4 Å². The van der Waals surface area contributed by atoms with Crippen LogP contribution in [0.15, 0.2) is 22.7 Å². The van der Waals surface area contributed by atoms with Crippen LogP contribution in [0.2, 0.25) is 0 Å². The van der Waals surface area contributed by atoms with Gasteiger partial charge in [0.25, 0.3) is 0 Å². The minimum Gasteiger partial charge on any atom is -0.346 e. The second-order valence-corrected chi connectivity index (χ2v) is 4.60. The van der Waals surface area contributed by atoms with Crippen molar-refractivity contribution in [2.45, 2.75) is 13.3 Å². The normalized spacial score (nSPS) is 9.42. The molecule has 1 aromatic rings. The third-order valence-electron chi connectivity index (χ3n) is 2.35. The molecule has 0 spiro atoms. The van der Waals surface area contributed by atoms with Crippen molar-refractivity contribution < 1.29 is 9.59 Å². The molecular weight excluding hydrogens is 334 g/mol. The average molecular weight is 351 g/mol. The van der Waals surface area contributed by atoms with Gasteiger partial charge in [-0.05, 0) is 30.2 Å². The van der Waals surface area contributed by atoms with E-state index < -0.39 is 0 Å². The summed E-state index contributed by atoms with van der Waals surface area (Å²) in [6.07, 6.45) is 0.810. The lowest BCUT2D eigenvalue weighted by Gasteiger charge is -2.10. The smallest absolute Gasteiger partial charge is 0.243 e. The fourth-order valence-corrected chi connectivity index (χ4v) is 1.83. The van der Waals surface area contributed by atoms with Crippen molar-refractivity contribution in [1.82, 2.24) is 5.32 Å². The van der Waals surface area contributed by atoms with Crippen LogP contribution in [0.5, 0.6) is 0 Å². The van der Waals surface area contributed by atoms with Crippen molar-refractivity contribution in [3.05, 3.63) is 28.2 Å². The first kappa shape index (κ1) is 17.9. The number of hydrogen-bond acceptors (Lipinski definition) is 3. The van der Waals surface area contributed by atoms with Gasteiger partial charge in [0.05, 0.1) is 13.1 Å². The molecule has 0 aromatic heterocycles. The van der Waals surface area contributed by atoms with Gasteiger partial charge < -0.3 is 16.4 Å². The Morgan fingerprint density at radius 2 is 2.00 bits per heavy atom. The molecule has 1 aromatic carbocycles. The molecule has 2 amide bonds. The number of nitrogens with one attached hydrogen (secondary N) is 2. The van der Waals surface area contributed by atoms with Gasteiger partial charge in [0.1, 0.15) is 0 Å². The van der Waals surface area contributed by atoms with Crippen molar-refractivity contribution in [2.24, 2.45) is 5.73 Å². The van der Waals surface area contributed by atoms with Crippen molar-refractivity contribution in [2.75, 3.05) is 18.4 Å². The SMILES string of the molecule is CCc1cc(Br)ccc1NC(=O)CNC(=O)CN.Cl. The van der Waals surface area contributed by atoms with Crippen molar-refractivity contribution in [3.63, 3.8) is 0 Å². The van der Waals surface area contributed by atoms with Gasteiger partial charge in [0.2, 0.25) is 11.8 Å². The topological polar surface area (TPSA) is 84.2 Å². The van der Waals surface area contributed by atoms with E-state index in [9.17, 15) is 9.59 Å². The van der Waals surface area contributed by atoms with Crippen LogP contribution in [0.1, 0.15) is 12.5 Å². The summed E-state index contributed by atoms with van der Waals surface area (Å²) in [5, 5.41) is 5.17. The second-order valence-electron chi connectivity index (χ2n) is 3.68. The zero-order valence-electron chi connectivity index (χ0n) is 10.5. The molecule has 0 unspecified atom stereocenters. The maximum Gasteiger partial charge on any atom is 0.243 e. The van der Waals surface area contributed by atoms with Crippen molar-refractivity contribution in [3.8, 4) is 0 Å². The van der Waals surface area contributed by atoms with E-state index in [1.165, 1.54) is 0 Å². The summed E-state index contributed by atoms with van der Waals surface area (Å²) in [5.41, 5.74) is 6.91. The number of benzene rings is 1. The van der Waals surface area contributed by atoms with Crippen LogP contribution in [0.3, 0.4) is 0 Å². The molecule has 0 heterocycles. The van der Waals surface area contributed by atoms with Crippen LogP contribution in [0.4, 0.5) is 5.69 Å². The fourth-order valence-electron chi connectivity index (χ4n) is 1.42. The highest BCUT2D eigenvalue weighted by Crippen LogP contribution is 2.21. The molecule has 0 saturated heterocycles. The molecule has 0 atom stereocenters. The zero-order chi connectivity index (χ0) is 13.5. The largest absolute Gasteiger partial charge is 0.346 e. The quantitative estimate of drug-likeness (QED) is 0.751. The first-order valence-electron chi connectivity index (χ1n) is 5.61. The van der Waals surface area contributed by atoms with Crippen LogP contribution in [0.25, 0.3) is 0 Å². The zero-order valence-corrected chi connectivity index (χ0v) is 12.9. The molecule has 0 aliphatic carbocycles. The predicted molar refractivity (Wildman–Crippen MR) is 81.5 cm³/mol. The van der Waals surface area contributed by atoms with Gasteiger partial charge in [-0.2, -0.15) is 0 Å². The number of aryl methyl sites for hydroxylation is 1. The maximum absolute atomic E-state index is 11.6. The number of amides is 2. The van der Waals surface area contributed by atoms with Crippen LogP contribution in [-0.4, -0.2) is 24.9 Å². The highest BCUT2D eigenvalue weighted by molar-refractivity contribution is 9.10. The number of halogens is 2. The summed E-state index contributed by atoms with van der Waals surface area (Å²) in [5.74, 6) is -0.620. The average Bonchev–Trinajstić information content (AvgIpc) is 2.37. The highest BCUT2D eigenvalue weighted by atomic mass is 79.9. The Morgan fingerprint density at radius 1 is 1.32 bits per heavy atom. The Kier molecular flexibility index (Phi) is 8.38. The molecule has 0 saturated carbocycles. The number of nitrogens with two attached hydrogens (primary N) is 1. The third-order valence-corrected chi connectivity index (χ3v) is 2.85. The minimum atomic E-state index is -0.350. The van der Waals surface area contributed by atoms with Crippen molar-refractivity contribution in [1.29, 1.82) is 0 Å². The summed E-state index contributed by atoms with van der Waals surface area (Å²) in [6.45, 7) is 1.81.